The molecule has 0 saturated carbocycles. The van der Waals surface area contributed by atoms with Gasteiger partial charge in [0.2, 0.25) is 5.91 Å². The average molecular weight is 248 g/mol. The predicted molar refractivity (Wildman–Crippen MR) is 71.8 cm³/mol. The number of aliphatic hydroxyl groups excluding tert-OH is 1. The van der Waals surface area contributed by atoms with Gasteiger partial charge in [0, 0.05) is 12.1 Å². The molecule has 1 unspecified atom stereocenters. The van der Waals surface area contributed by atoms with Gasteiger partial charge < -0.3 is 15.3 Å². The van der Waals surface area contributed by atoms with Gasteiger partial charge in [0.25, 0.3) is 0 Å². The van der Waals surface area contributed by atoms with E-state index in [0.29, 0.717) is 6.54 Å². The highest BCUT2D eigenvalue weighted by Gasteiger charge is 2.37. The maximum atomic E-state index is 12.4. The monoisotopic (exact) mass is 248 g/mol. The summed E-state index contributed by atoms with van der Waals surface area (Å²) in [5.74, 6) is 0.0367. The van der Waals surface area contributed by atoms with Gasteiger partial charge in [0.05, 0.1) is 12.3 Å². The number of nitrogens with one attached hydrogen (secondary N) is 1. The number of nitrogens with zero attached hydrogens (tertiary/aromatic N) is 1. The first-order chi connectivity index (χ1) is 8.60. The Morgan fingerprint density at radius 1 is 1.39 bits per heavy atom. The van der Waals surface area contributed by atoms with Gasteiger partial charge >= 0.3 is 0 Å². The van der Waals surface area contributed by atoms with Crippen LogP contribution >= 0.6 is 0 Å². The number of hydrogen-bond donors (Lipinski definition) is 2. The summed E-state index contributed by atoms with van der Waals surface area (Å²) < 4.78 is 0. The Kier molecular flexibility index (Phi) is 3.68. The van der Waals surface area contributed by atoms with E-state index in [9.17, 15) is 4.79 Å². The van der Waals surface area contributed by atoms with E-state index in [1.807, 2.05) is 20.8 Å². The number of likely N-dealkylation sites (N-methyl/N-ethyl adjacent to an activating group) is 1. The first kappa shape index (κ1) is 13.1. The molecule has 2 N–H and O–H groups in total. The highest BCUT2D eigenvalue weighted by Crippen LogP contribution is 2.38. The minimum absolute atomic E-state index is 0.0165. The number of benzene rings is 1. The molecule has 1 atom stereocenters. The molecule has 18 heavy (non-hydrogen) atoms. The molecule has 0 aliphatic carbocycles. The van der Waals surface area contributed by atoms with Gasteiger partial charge in [-0.2, -0.15) is 0 Å². The fourth-order valence-electron chi connectivity index (χ4n) is 2.70. The maximum absolute atomic E-state index is 12.4. The lowest BCUT2D eigenvalue weighted by Gasteiger charge is -2.18. The highest BCUT2D eigenvalue weighted by atomic mass is 16.3. The highest BCUT2D eigenvalue weighted by molar-refractivity contribution is 6.05. The quantitative estimate of drug-likeness (QED) is 0.844. The molecule has 1 heterocycles. The molecule has 0 fully saturated rings. The molecule has 0 bridgehead atoms. The third kappa shape index (κ3) is 2.02. The number of amides is 1. The molecule has 0 spiro atoms. The number of carbonyl (C=O) groups excluding carboxylic acids is 1. The van der Waals surface area contributed by atoms with Crippen molar-refractivity contribution in [3.05, 3.63) is 28.8 Å². The molecule has 1 aliphatic heterocycles. The van der Waals surface area contributed by atoms with Crippen LogP contribution < -0.4 is 10.2 Å². The molecule has 0 radical (unpaired) electrons. The molecule has 0 aromatic heterocycles. The number of β-amino-alcohol motifs (C(OH)–C–C–N with tert-alkyl or cyclic N) is 1. The van der Waals surface area contributed by atoms with Crippen LogP contribution in [-0.2, 0) is 4.79 Å². The minimum Gasteiger partial charge on any atom is -0.395 e. The summed E-state index contributed by atoms with van der Waals surface area (Å²) in [6.07, 6.45) is 0. The van der Waals surface area contributed by atoms with Crippen LogP contribution in [0.4, 0.5) is 5.69 Å². The molecule has 1 aromatic rings. The standard InChI is InChI=1S/C14H20N2O2/c1-4-15-12-11-8-9(2)7-10(3)13(11)16(5-6-17)14(12)18/h7-8,12,15,17H,4-6H2,1-3H3. The van der Waals surface area contributed by atoms with E-state index >= 15 is 0 Å². The van der Waals surface area contributed by atoms with Gasteiger partial charge in [-0.1, -0.05) is 24.6 Å². The van der Waals surface area contributed by atoms with Crippen LogP contribution in [0, 0.1) is 13.8 Å². The number of hydrogen-bond acceptors (Lipinski definition) is 3. The molecule has 0 saturated heterocycles. The summed E-state index contributed by atoms with van der Waals surface area (Å²) in [4.78, 5) is 14.1. The van der Waals surface area contributed by atoms with Crippen molar-refractivity contribution < 1.29 is 9.90 Å². The van der Waals surface area contributed by atoms with E-state index in [1.54, 1.807) is 4.90 Å². The van der Waals surface area contributed by atoms with Crippen molar-refractivity contribution in [2.75, 3.05) is 24.6 Å². The number of rotatable bonds is 4. The first-order valence-corrected chi connectivity index (χ1v) is 6.37. The van der Waals surface area contributed by atoms with Crippen molar-refractivity contribution in [2.24, 2.45) is 0 Å². The van der Waals surface area contributed by atoms with Crippen molar-refractivity contribution in [3.8, 4) is 0 Å². The zero-order valence-electron chi connectivity index (χ0n) is 11.2. The van der Waals surface area contributed by atoms with Crippen molar-refractivity contribution in [2.45, 2.75) is 26.8 Å². The van der Waals surface area contributed by atoms with Crippen LogP contribution in [0.5, 0.6) is 0 Å². The molecule has 4 heteroatoms. The van der Waals surface area contributed by atoms with Gasteiger partial charge in [0.1, 0.15) is 6.04 Å². The lowest BCUT2D eigenvalue weighted by Crippen LogP contribution is -2.36. The summed E-state index contributed by atoms with van der Waals surface area (Å²) in [5, 5.41) is 12.3. The summed E-state index contributed by atoms with van der Waals surface area (Å²) >= 11 is 0. The Bertz CT molecular complexity index is 471. The molecule has 2 rings (SSSR count). The molecular weight excluding hydrogens is 228 g/mol. The predicted octanol–water partition coefficient (Wildman–Crippen LogP) is 1.29. The van der Waals surface area contributed by atoms with Crippen LogP contribution in [0.15, 0.2) is 12.1 Å². The second-order valence-corrected chi connectivity index (χ2v) is 4.72. The van der Waals surface area contributed by atoms with Gasteiger partial charge in [-0.05, 0) is 26.0 Å². The minimum atomic E-state index is -0.268. The Morgan fingerprint density at radius 2 is 2.11 bits per heavy atom. The molecule has 98 valence electrons. The third-order valence-electron chi connectivity index (χ3n) is 3.30. The van der Waals surface area contributed by atoms with E-state index in [4.69, 9.17) is 5.11 Å². The number of aliphatic hydroxyl groups is 1. The maximum Gasteiger partial charge on any atom is 0.248 e. The van der Waals surface area contributed by atoms with E-state index in [0.717, 1.165) is 28.9 Å². The van der Waals surface area contributed by atoms with Crippen molar-refractivity contribution >= 4 is 11.6 Å². The Balaban J connectivity index is 2.51. The van der Waals surface area contributed by atoms with Crippen molar-refractivity contribution in [1.29, 1.82) is 0 Å². The average Bonchev–Trinajstić information content (AvgIpc) is 2.56. The Hall–Kier alpha value is -1.39. The molecular formula is C14H20N2O2. The lowest BCUT2D eigenvalue weighted by molar-refractivity contribution is -0.120. The molecule has 1 aliphatic rings. The topological polar surface area (TPSA) is 52.6 Å². The van der Waals surface area contributed by atoms with Crippen LogP contribution in [0.3, 0.4) is 0 Å². The first-order valence-electron chi connectivity index (χ1n) is 6.37. The number of fused-ring (bicyclic) bond motifs is 1. The van der Waals surface area contributed by atoms with Gasteiger partial charge in [0.15, 0.2) is 0 Å². The molecule has 1 aromatic carbocycles. The van der Waals surface area contributed by atoms with Gasteiger partial charge in [-0.25, -0.2) is 0 Å². The number of aryl methyl sites for hydroxylation is 2. The van der Waals surface area contributed by atoms with Crippen LogP contribution in [0.1, 0.15) is 29.7 Å². The van der Waals surface area contributed by atoms with Crippen LogP contribution in [-0.4, -0.2) is 30.7 Å². The Labute approximate surface area is 108 Å². The SMILES string of the molecule is CCNC1C(=O)N(CCO)c2c(C)cc(C)cc21. The summed E-state index contributed by atoms with van der Waals surface area (Å²) in [6.45, 7) is 7.13. The second-order valence-electron chi connectivity index (χ2n) is 4.72. The fraction of sp³-hybridized carbons (Fsp3) is 0.500. The van der Waals surface area contributed by atoms with Gasteiger partial charge in [-0.3, -0.25) is 4.79 Å². The van der Waals surface area contributed by atoms with E-state index in [2.05, 4.69) is 17.4 Å². The third-order valence-corrected chi connectivity index (χ3v) is 3.30. The van der Waals surface area contributed by atoms with Gasteiger partial charge in [-0.15, -0.1) is 0 Å². The number of carbonyl (C=O) groups is 1. The number of anilines is 1. The van der Waals surface area contributed by atoms with Crippen LogP contribution in [0.25, 0.3) is 0 Å². The van der Waals surface area contributed by atoms with Crippen molar-refractivity contribution in [1.82, 2.24) is 5.32 Å². The van der Waals surface area contributed by atoms with E-state index < -0.39 is 0 Å². The zero-order chi connectivity index (χ0) is 13.3. The summed E-state index contributed by atoms with van der Waals surface area (Å²) in [5.41, 5.74) is 4.25. The lowest BCUT2D eigenvalue weighted by atomic mass is 10.0. The Morgan fingerprint density at radius 3 is 2.72 bits per heavy atom. The van der Waals surface area contributed by atoms with E-state index in [-0.39, 0.29) is 18.6 Å². The fourth-order valence-corrected chi connectivity index (χ4v) is 2.70. The summed E-state index contributed by atoms with van der Waals surface area (Å²) in [7, 11) is 0. The van der Waals surface area contributed by atoms with Crippen LogP contribution in [0.2, 0.25) is 0 Å². The normalized spacial score (nSPS) is 18.3. The molecule has 1 amide bonds. The molecule has 4 nitrogen and oxygen atoms in total. The second kappa shape index (κ2) is 5.08. The summed E-state index contributed by atoms with van der Waals surface area (Å²) in [6, 6.07) is 3.87. The smallest absolute Gasteiger partial charge is 0.248 e. The van der Waals surface area contributed by atoms with E-state index in [1.165, 1.54) is 0 Å². The van der Waals surface area contributed by atoms with Crippen molar-refractivity contribution in [3.63, 3.8) is 0 Å². The zero-order valence-corrected chi connectivity index (χ0v) is 11.2. The largest absolute Gasteiger partial charge is 0.395 e.